The van der Waals surface area contributed by atoms with Crippen molar-refractivity contribution in [1.82, 2.24) is 9.80 Å². The largest absolute Gasteiger partial charge is 0.466 e. The fraction of sp³-hybridized carbons (Fsp3) is 0.593. The number of carbonyl (C=O) groups excluding carboxylic acids is 3. The van der Waals surface area contributed by atoms with Gasteiger partial charge in [-0.25, -0.2) is 0 Å². The Bertz CT molecular complexity index is 937. The zero-order valence-electron chi connectivity index (χ0n) is 20.4. The number of ether oxygens (including phenoxy) is 2. The molecule has 4 rings (SSSR count). The topological polar surface area (TPSA) is 96.4 Å². The van der Waals surface area contributed by atoms with Crippen LogP contribution in [-0.4, -0.2) is 76.7 Å². The number of rotatable bonds is 12. The van der Waals surface area contributed by atoms with Crippen molar-refractivity contribution in [2.45, 2.75) is 63.3 Å². The second-order valence-electron chi connectivity index (χ2n) is 9.62. The normalized spacial score (nSPS) is 28.7. The Morgan fingerprint density at radius 1 is 1.29 bits per heavy atom. The first-order valence-electron chi connectivity index (χ1n) is 12.7. The van der Waals surface area contributed by atoms with E-state index in [9.17, 15) is 14.4 Å². The zero-order chi connectivity index (χ0) is 25.0. The SMILES string of the molecule is C=CCN(Cc1ccccc1)C(=O)[C@H]1N(CCCCCO)C(=O)[C@@H]2[C@@H](C(=O)OCC)[C@H]3CC[C@]21O3. The van der Waals surface area contributed by atoms with Gasteiger partial charge in [-0.05, 0) is 44.6 Å². The van der Waals surface area contributed by atoms with Crippen molar-refractivity contribution in [3.8, 4) is 0 Å². The lowest BCUT2D eigenvalue weighted by Crippen LogP contribution is -2.56. The number of hydrogen-bond donors (Lipinski definition) is 1. The number of likely N-dealkylation sites (tertiary alicyclic amines) is 1. The smallest absolute Gasteiger partial charge is 0.312 e. The number of esters is 1. The predicted octanol–water partition coefficient (Wildman–Crippen LogP) is 2.30. The van der Waals surface area contributed by atoms with Crippen LogP contribution in [0.5, 0.6) is 0 Å². The first-order chi connectivity index (χ1) is 17.0. The second-order valence-corrected chi connectivity index (χ2v) is 9.62. The number of aliphatic hydroxyl groups is 1. The van der Waals surface area contributed by atoms with Gasteiger partial charge in [0.2, 0.25) is 11.8 Å². The molecule has 3 fully saturated rings. The van der Waals surface area contributed by atoms with Gasteiger partial charge in [0, 0.05) is 26.2 Å². The maximum atomic E-state index is 14.2. The molecule has 8 heteroatoms. The molecule has 0 unspecified atom stereocenters. The van der Waals surface area contributed by atoms with Gasteiger partial charge in [0.05, 0.1) is 24.5 Å². The molecule has 5 atom stereocenters. The minimum atomic E-state index is -1.02. The first kappa shape index (κ1) is 25.4. The van der Waals surface area contributed by atoms with Gasteiger partial charge in [-0.2, -0.15) is 0 Å². The molecular weight excluding hydrogens is 448 g/mol. The van der Waals surface area contributed by atoms with Crippen molar-refractivity contribution in [3.05, 3.63) is 48.6 Å². The van der Waals surface area contributed by atoms with Gasteiger partial charge < -0.3 is 24.4 Å². The van der Waals surface area contributed by atoms with E-state index in [1.54, 1.807) is 22.8 Å². The Hall–Kier alpha value is -2.71. The van der Waals surface area contributed by atoms with Crippen LogP contribution in [0.4, 0.5) is 0 Å². The van der Waals surface area contributed by atoms with Crippen molar-refractivity contribution in [2.24, 2.45) is 11.8 Å². The molecule has 0 aromatic heterocycles. The van der Waals surface area contributed by atoms with E-state index in [0.717, 1.165) is 12.0 Å². The fourth-order valence-corrected chi connectivity index (χ4v) is 6.12. The molecule has 8 nitrogen and oxygen atoms in total. The van der Waals surface area contributed by atoms with Crippen LogP contribution >= 0.6 is 0 Å². The van der Waals surface area contributed by atoms with Crippen molar-refractivity contribution < 1.29 is 29.0 Å². The Balaban J connectivity index is 1.67. The molecule has 3 aliphatic rings. The Morgan fingerprint density at radius 2 is 2.06 bits per heavy atom. The van der Waals surface area contributed by atoms with Gasteiger partial charge in [0.25, 0.3) is 0 Å². The van der Waals surface area contributed by atoms with E-state index in [0.29, 0.717) is 45.3 Å². The standard InChI is InChI=1S/C27H36N2O6/c1-3-15-28(18-19-11-7-5-8-12-19)25(32)23-27-14-13-20(35-27)21(26(33)34-4-2)22(27)24(31)29(23)16-9-6-10-17-30/h3,5,7-8,11-12,20-23,30H,1,4,6,9-10,13-18H2,2H3/t20-,21+,22+,23-,27+/m1/s1. The summed E-state index contributed by atoms with van der Waals surface area (Å²) in [6.45, 7) is 7.00. The molecule has 190 valence electrons. The highest BCUT2D eigenvalue weighted by atomic mass is 16.6. The number of amides is 2. The van der Waals surface area contributed by atoms with E-state index in [-0.39, 0.29) is 25.0 Å². The van der Waals surface area contributed by atoms with Crippen LogP contribution in [0.3, 0.4) is 0 Å². The minimum Gasteiger partial charge on any atom is -0.466 e. The first-order valence-corrected chi connectivity index (χ1v) is 12.7. The number of benzene rings is 1. The average Bonchev–Trinajstić information content (AvgIpc) is 3.49. The maximum Gasteiger partial charge on any atom is 0.312 e. The summed E-state index contributed by atoms with van der Waals surface area (Å²) >= 11 is 0. The van der Waals surface area contributed by atoms with Crippen LogP contribution in [-0.2, 0) is 30.4 Å². The van der Waals surface area contributed by atoms with E-state index in [4.69, 9.17) is 14.6 Å². The summed E-state index contributed by atoms with van der Waals surface area (Å²) in [4.78, 5) is 44.2. The minimum absolute atomic E-state index is 0.0861. The highest BCUT2D eigenvalue weighted by molar-refractivity contribution is 5.98. The van der Waals surface area contributed by atoms with Crippen LogP contribution in [0.2, 0.25) is 0 Å². The lowest BCUT2D eigenvalue weighted by atomic mass is 9.70. The summed E-state index contributed by atoms with van der Waals surface area (Å²) in [7, 11) is 0. The predicted molar refractivity (Wildman–Crippen MR) is 129 cm³/mol. The van der Waals surface area contributed by atoms with Crippen LogP contribution in [0.1, 0.15) is 44.6 Å². The maximum absolute atomic E-state index is 14.2. The molecule has 1 N–H and O–H groups in total. The highest BCUT2D eigenvalue weighted by Crippen LogP contribution is 2.58. The molecule has 2 amide bonds. The summed E-state index contributed by atoms with van der Waals surface area (Å²) < 4.78 is 11.7. The number of aliphatic hydroxyl groups excluding tert-OH is 1. The molecular formula is C27H36N2O6. The fourth-order valence-electron chi connectivity index (χ4n) is 6.12. The van der Waals surface area contributed by atoms with E-state index >= 15 is 0 Å². The Kier molecular flexibility index (Phi) is 7.91. The highest BCUT2D eigenvalue weighted by Gasteiger charge is 2.74. The van der Waals surface area contributed by atoms with Gasteiger partial charge in [-0.3, -0.25) is 14.4 Å². The third kappa shape index (κ3) is 4.61. The monoisotopic (exact) mass is 484 g/mol. The summed E-state index contributed by atoms with van der Waals surface area (Å²) in [6.07, 6.45) is 4.49. The third-order valence-electron chi connectivity index (χ3n) is 7.53. The number of fused-ring (bicyclic) bond motifs is 1. The zero-order valence-corrected chi connectivity index (χ0v) is 20.4. The van der Waals surface area contributed by atoms with Crippen molar-refractivity contribution in [2.75, 3.05) is 26.3 Å². The van der Waals surface area contributed by atoms with Crippen LogP contribution in [0, 0.1) is 11.8 Å². The summed E-state index contributed by atoms with van der Waals surface area (Å²) in [5.74, 6) is -2.20. The van der Waals surface area contributed by atoms with Gasteiger partial charge >= 0.3 is 5.97 Å². The Labute approximate surface area is 206 Å². The van der Waals surface area contributed by atoms with Crippen molar-refractivity contribution >= 4 is 17.8 Å². The van der Waals surface area contributed by atoms with E-state index in [2.05, 4.69) is 6.58 Å². The van der Waals surface area contributed by atoms with Crippen molar-refractivity contribution in [3.63, 3.8) is 0 Å². The van der Waals surface area contributed by atoms with Crippen molar-refractivity contribution in [1.29, 1.82) is 0 Å². The molecule has 1 aromatic rings. The second kappa shape index (κ2) is 10.9. The Morgan fingerprint density at radius 3 is 2.74 bits per heavy atom. The molecule has 35 heavy (non-hydrogen) atoms. The summed E-state index contributed by atoms with van der Waals surface area (Å²) in [5.41, 5.74) is -0.0415. The molecule has 3 heterocycles. The molecule has 2 bridgehead atoms. The molecule has 3 aliphatic heterocycles. The van der Waals surface area contributed by atoms with E-state index in [1.807, 2.05) is 30.3 Å². The van der Waals surface area contributed by atoms with E-state index in [1.165, 1.54) is 0 Å². The number of nitrogens with zero attached hydrogens (tertiary/aromatic N) is 2. The molecule has 1 aromatic carbocycles. The van der Waals surface area contributed by atoms with Crippen LogP contribution < -0.4 is 0 Å². The lowest BCUT2D eigenvalue weighted by Gasteiger charge is -2.36. The average molecular weight is 485 g/mol. The molecule has 0 radical (unpaired) electrons. The van der Waals surface area contributed by atoms with Gasteiger partial charge in [0.15, 0.2) is 0 Å². The van der Waals surface area contributed by atoms with Gasteiger partial charge in [-0.1, -0.05) is 36.4 Å². The molecule has 0 aliphatic carbocycles. The van der Waals surface area contributed by atoms with Gasteiger partial charge in [-0.15, -0.1) is 6.58 Å². The molecule has 0 saturated carbocycles. The lowest BCUT2D eigenvalue weighted by molar-refractivity contribution is -0.155. The van der Waals surface area contributed by atoms with Crippen LogP contribution in [0.15, 0.2) is 43.0 Å². The van der Waals surface area contributed by atoms with Gasteiger partial charge in [0.1, 0.15) is 11.6 Å². The summed E-state index contributed by atoms with van der Waals surface area (Å²) in [6, 6.07) is 8.91. The summed E-state index contributed by atoms with van der Waals surface area (Å²) in [5, 5.41) is 9.16. The number of carbonyl (C=O) groups is 3. The van der Waals surface area contributed by atoms with Crippen LogP contribution in [0.25, 0.3) is 0 Å². The number of unbranched alkanes of at least 4 members (excludes halogenated alkanes) is 2. The number of hydrogen-bond acceptors (Lipinski definition) is 6. The van der Waals surface area contributed by atoms with E-state index < -0.39 is 35.6 Å². The third-order valence-corrected chi connectivity index (χ3v) is 7.53. The molecule has 3 saturated heterocycles. The molecule has 1 spiro atoms. The quantitative estimate of drug-likeness (QED) is 0.278.